The fraction of sp³-hybridized carbons (Fsp3) is 0.133. The van der Waals surface area contributed by atoms with Crippen LogP contribution in [0.4, 0.5) is 5.69 Å². The number of carbonyl (C=O) groups excluding carboxylic acids is 1. The van der Waals surface area contributed by atoms with Crippen molar-refractivity contribution in [1.29, 1.82) is 0 Å². The molecule has 1 heterocycles. The normalized spacial score (nSPS) is 18.6. The van der Waals surface area contributed by atoms with E-state index in [0.29, 0.717) is 15.8 Å². The minimum atomic E-state index is -0.102. The number of halogens is 2. The van der Waals surface area contributed by atoms with Crippen molar-refractivity contribution in [1.82, 2.24) is 0 Å². The number of hydrogen-bond acceptors (Lipinski definition) is 2. The van der Waals surface area contributed by atoms with Crippen molar-refractivity contribution in [3.05, 3.63) is 64.1 Å². The molecule has 1 atom stereocenters. The zero-order chi connectivity index (χ0) is 14.1. The van der Waals surface area contributed by atoms with E-state index in [1.54, 1.807) is 28.8 Å². The van der Waals surface area contributed by atoms with Gasteiger partial charge in [0.05, 0.1) is 5.75 Å². The summed E-state index contributed by atoms with van der Waals surface area (Å²) in [4.78, 5) is 14.0. The van der Waals surface area contributed by atoms with Crippen molar-refractivity contribution < 1.29 is 4.79 Å². The molecule has 0 saturated carbocycles. The molecule has 1 aliphatic rings. The number of anilines is 1. The van der Waals surface area contributed by atoms with Crippen LogP contribution in [0.15, 0.2) is 48.5 Å². The molecule has 20 heavy (non-hydrogen) atoms. The van der Waals surface area contributed by atoms with E-state index in [2.05, 4.69) is 0 Å². The summed E-state index contributed by atoms with van der Waals surface area (Å²) in [5, 5.41) is 1.19. The van der Waals surface area contributed by atoms with Gasteiger partial charge in [0.15, 0.2) is 0 Å². The Morgan fingerprint density at radius 3 is 2.65 bits per heavy atom. The van der Waals surface area contributed by atoms with Crippen LogP contribution in [0.1, 0.15) is 10.9 Å². The van der Waals surface area contributed by atoms with Crippen LogP contribution in [-0.2, 0) is 4.79 Å². The summed E-state index contributed by atoms with van der Waals surface area (Å²) >= 11 is 13.9. The van der Waals surface area contributed by atoms with Gasteiger partial charge in [0, 0.05) is 21.3 Å². The molecule has 0 radical (unpaired) electrons. The first-order chi connectivity index (χ1) is 9.66. The van der Waals surface area contributed by atoms with Crippen LogP contribution in [0.3, 0.4) is 0 Å². The van der Waals surface area contributed by atoms with E-state index in [1.165, 1.54) is 0 Å². The van der Waals surface area contributed by atoms with Crippen LogP contribution in [0, 0.1) is 0 Å². The minimum absolute atomic E-state index is 0.0715. The summed E-state index contributed by atoms with van der Waals surface area (Å²) in [6, 6.07) is 14.9. The highest BCUT2D eigenvalue weighted by molar-refractivity contribution is 8.00. The second kappa shape index (κ2) is 5.68. The van der Waals surface area contributed by atoms with Crippen LogP contribution < -0.4 is 4.90 Å². The highest BCUT2D eigenvalue weighted by Gasteiger charge is 2.35. The van der Waals surface area contributed by atoms with Gasteiger partial charge in [-0.3, -0.25) is 9.69 Å². The Bertz CT molecular complexity index is 662. The van der Waals surface area contributed by atoms with Crippen LogP contribution >= 0.6 is 35.0 Å². The first kappa shape index (κ1) is 13.8. The number of carbonyl (C=O) groups is 1. The zero-order valence-electron chi connectivity index (χ0n) is 10.4. The quantitative estimate of drug-likeness (QED) is 0.793. The van der Waals surface area contributed by atoms with E-state index >= 15 is 0 Å². The first-order valence-corrected chi connectivity index (χ1v) is 7.91. The van der Waals surface area contributed by atoms with Gasteiger partial charge in [-0.2, -0.15) is 0 Å². The molecule has 2 aromatic carbocycles. The average Bonchev–Trinajstić information content (AvgIpc) is 2.81. The molecule has 0 aliphatic carbocycles. The van der Waals surface area contributed by atoms with Crippen molar-refractivity contribution in [2.24, 2.45) is 0 Å². The first-order valence-electron chi connectivity index (χ1n) is 6.10. The van der Waals surface area contributed by atoms with Crippen molar-refractivity contribution in [2.45, 2.75) is 5.37 Å². The third-order valence-electron chi connectivity index (χ3n) is 3.13. The van der Waals surface area contributed by atoms with E-state index in [1.807, 2.05) is 36.4 Å². The standard InChI is InChI=1S/C15H11Cl2NOS/c16-10-4-3-5-11(8-10)18-14(19)9-20-15(18)12-6-1-2-7-13(12)17/h1-8,15H,9H2. The second-order valence-corrected chi connectivity index (χ2v) is 6.34. The number of nitrogens with zero attached hydrogens (tertiary/aromatic N) is 1. The molecule has 0 aromatic heterocycles. The summed E-state index contributed by atoms with van der Waals surface area (Å²) < 4.78 is 0. The number of hydrogen-bond donors (Lipinski definition) is 0. The Labute approximate surface area is 131 Å². The van der Waals surface area contributed by atoms with E-state index in [9.17, 15) is 4.79 Å². The molecular formula is C15H11Cl2NOS. The number of benzene rings is 2. The summed E-state index contributed by atoms with van der Waals surface area (Å²) in [6.07, 6.45) is 0. The molecule has 1 aliphatic heterocycles. The fourth-order valence-corrected chi connectivity index (χ4v) is 3.94. The predicted molar refractivity (Wildman–Crippen MR) is 85.6 cm³/mol. The van der Waals surface area contributed by atoms with E-state index in [4.69, 9.17) is 23.2 Å². The van der Waals surface area contributed by atoms with Gasteiger partial charge in [-0.15, -0.1) is 11.8 Å². The van der Waals surface area contributed by atoms with Crippen molar-refractivity contribution in [2.75, 3.05) is 10.7 Å². The molecule has 2 aromatic rings. The van der Waals surface area contributed by atoms with Gasteiger partial charge in [0.1, 0.15) is 5.37 Å². The lowest BCUT2D eigenvalue weighted by Crippen LogP contribution is -2.27. The molecule has 2 nitrogen and oxygen atoms in total. The second-order valence-electron chi connectivity index (χ2n) is 4.43. The summed E-state index contributed by atoms with van der Waals surface area (Å²) in [6.45, 7) is 0. The Morgan fingerprint density at radius 1 is 1.10 bits per heavy atom. The monoisotopic (exact) mass is 323 g/mol. The maximum atomic E-state index is 12.2. The maximum Gasteiger partial charge on any atom is 0.238 e. The van der Waals surface area contributed by atoms with Crippen molar-refractivity contribution in [3.63, 3.8) is 0 Å². The van der Waals surface area contributed by atoms with Gasteiger partial charge in [-0.1, -0.05) is 47.5 Å². The van der Waals surface area contributed by atoms with E-state index in [0.717, 1.165) is 11.3 Å². The molecule has 1 amide bonds. The van der Waals surface area contributed by atoms with Crippen molar-refractivity contribution in [3.8, 4) is 0 Å². The lowest BCUT2D eigenvalue weighted by molar-refractivity contribution is -0.115. The topological polar surface area (TPSA) is 20.3 Å². The number of thioether (sulfide) groups is 1. The molecule has 0 bridgehead atoms. The third kappa shape index (κ3) is 2.53. The Hall–Kier alpha value is -1.16. The number of amides is 1. The van der Waals surface area contributed by atoms with Crippen LogP contribution in [-0.4, -0.2) is 11.7 Å². The highest BCUT2D eigenvalue weighted by Crippen LogP contribution is 2.44. The molecule has 1 fully saturated rings. The Kier molecular flexibility index (Phi) is 3.92. The van der Waals surface area contributed by atoms with Gasteiger partial charge in [0.2, 0.25) is 5.91 Å². The van der Waals surface area contributed by atoms with Gasteiger partial charge in [-0.25, -0.2) is 0 Å². The van der Waals surface area contributed by atoms with Gasteiger partial charge < -0.3 is 0 Å². The predicted octanol–water partition coefficient (Wildman–Crippen LogP) is 4.77. The fourth-order valence-electron chi connectivity index (χ4n) is 2.23. The van der Waals surface area contributed by atoms with E-state index < -0.39 is 0 Å². The lowest BCUT2D eigenvalue weighted by atomic mass is 10.2. The van der Waals surface area contributed by atoms with Crippen LogP contribution in [0.2, 0.25) is 10.0 Å². The highest BCUT2D eigenvalue weighted by atomic mass is 35.5. The smallest absolute Gasteiger partial charge is 0.238 e. The SMILES string of the molecule is O=C1CSC(c2ccccc2Cl)N1c1cccc(Cl)c1. The van der Waals surface area contributed by atoms with Gasteiger partial charge in [0.25, 0.3) is 0 Å². The van der Waals surface area contributed by atoms with E-state index in [-0.39, 0.29) is 11.3 Å². The van der Waals surface area contributed by atoms with Gasteiger partial charge >= 0.3 is 0 Å². The average molecular weight is 324 g/mol. The maximum absolute atomic E-state index is 12.2. The molecule has 0 spiro atoms. The Balaban J connectivity index is 2.03. The minimum Gasteiger partial charge on any atom is -0.295 e. The third-order valence-corrected chi connectivity index (χ3v) is 4.90. The number of rotatable bonds is 2. The molecule has 102 valence electrons. The summed E-state index contributed by atoms with van der Waals surface area (Å²) in [7, 11) is 0. The summed E-state index contributed by atoms with van der Waals surface area (Å²) in [5.41, 5.74) is 1.75. The largest absolute Gasteiger partial charge is 0.295 e. The molecule has 1 saturated heterocycles. The van der Waals surface area contributed by atoms with Crippen molar-refractivity contribution >= 4 is 46.6 Å². The molecule has 3 rings (SSSR count). The molecular weight excluding hydrogens is 313 g/mol. The van der Waals surface area contributed by atoms with Crippen LogP contribution in [0.25, 0.3) is 0 Å². The zero-order valence-corrected chi connectivity index (χ0v) is 12.8. The summed E-state index contributed by atoms with van der Waals surface area (Å²) in [5.74, 6) is 0.518. The molecule has 5 heteroatoms. The molecule has 1 unspecified atom stereocenters. The Morgan fingerprint density at radius 2 is 1.90 bits per heavy atom. The molecule has 0 N–H and O–H groups in total. The van der Waals surface area contributed by atoms with Crippen LogP contribution in [0.5, 0.6) is 0 Å². The lowest BCUT2D eigenvalue weighted by Gasteiger charge is -2.25. The van der Waals surface area contributed by atoms with Gasteiger partial charge in [-0.05, 0) is 24.3 Å².